The van der Waals surface area contributed by atoms with E-state index in [4.69, 9.17) is 0 Å². The van der Waals surface area contributed by atoms with Crippen molar-refractivity contribution < 1.29 is 4.79 Å². The molecule has 1 aromatic heterocycles. The molecule has 6 heteroatoms. The number of benzene rings is 1. The summed E-state index contributed by atoms with van der Waals surface area (Å²) in [6.45, 7) is 8.12. The summed E-state index contributed by atoms with van der Waals surface area (Å²) >= 11 is 0. The standard InChI is InChI=1S/C15H21N5O/c1-11(2)20(12(3)4)14(21)10-19-17-15(16-18-19)13-8-6-5-7-9-13/h5-9,11-12H,10H2,1-4H3. The maximum atomic E-state index is 12.3. The number of aromatic nitrogens is 4. The van der Waals surface area contributed by atoms with Crippen LogP contribution < -0.4 is 0 Å². The average Bonchev–Trinajstić information content (AvgIpc) is 2.87. The molecule has 0 aliphatic carbocycles. The summed E-state index contributed by atoms with van der Waals surface area (Å²) in [7, 11) is 0. The van der Waals surface area contributed by atoms with E-state index in [1.165, 1.54) is 4.80 Å². The monoisotopic (exact) mass is 287 g/mol. The zero-order valence-corrected chi connectivity index (χ0v) is 12.9. The first kappa shape index (κ1) is 15.2. The number of carbonyl (C=O) groups is 1. The van der Waals surface area contributed by atoms with Crippen molar-refractivity contribution in [2.45, 2.75) is 46.3 Å². The minimum absolute atomic E-state index is 0.00277. The topological polar surface area (TPSA) is 63.9 Å². The molecule has 0 unspecified atom stereocenters. The van der Waals surface area contributed by atoms with Crippen LogP contribution in [-0.4, -0.2) is 43.1 Å². The van der Waals surface area contributed by atoms with E-state index in [-0.39, 0.29) is 24.5 Å². The fraction of sp³-hybridized carbons (Fsp3) is 0.467. The van der Waals surface area contributed by atoms with Gasteiger partial charge in [-0.2, -0.15) is 4.80 Å². The second-order valence-electron chi connectivity index (χ2n) is 5.50. The summed E-state index contributed by atoms with van der Waals surface area (Å²) in [5.74, 6) is 0.529. The minimum Gasteiger partial charge on any atom is -0.336 e. The Morgan fingerprint density at radius 2 is 1.76 bits per heavy atom. The molecule has 1 aromatic carbocycles. The summed E-state index contributed by atoms with van der Waals surface area (Å²) in [6.07, 6.45) is 0. The van der Waals surface area contributed by atoms with Crippen LogP contribution in [0.15, 0.2) is 30.3 Å². The van der Waals surface area contributed by atoms with Crippen molar-refractivity contribution in [2.24, 2.45) is 0 Å². The van der Waals surface area contributed by atoms with Gasteiger partial charge >= 0.3 is 0 Å². The van der Waals surface area contributed by atoms with E-state index in [0.29, 0.717) is 5.82 Å². The van der Waals surface area contributed by atoms with Gasteiger partial charge in [-0.05, 0) is 32.9 Å². The number of hydrogen-bond donors (Lipinski definition) is 0. The van der Waals surface area contributed by atoms with Crippen molar-refractivity contribution in [2.75, 3.05) is 0 Å². The van der Waals surface area contributed by atoms with Gasteiger partial charge in [0.2, 0.25) is 11.7 Å². The first-order chi connectivity index (χ1) is 9.99. The number of rotatable bonds is 5. The Labute approximate surface area is 124 Å². The van der Waals surface area contributed by atoms with Crippen LogP contribution in [0.1, 0.15) is 27.7 Å². The highest BCUT2D eigenvalue weighted by atomic mass is 16.2. The smallest absolute Gasteiger partial charge is 0.246 e. The van der Waals surface area contributed by atoms with E-state index >= 15 is 0 Å². The normalized spacial score (nSPS) is 11.1. The number of hydrogen-bond acceptors (Lipinski definition) is 4. The molecule has 0 atom stereocenters. The van der Waals surface area contributed by atoms with Gasteiger partial charge in [0.25, 0.3) is 0 Å². The van der Waals surface area contributed by atoms with Gasteiger partial charge in [0.05, 0.1) is 0 Å². The molecular formula is C15H21N5O. The van der Waals surface area contributed by atoms with Crippen LogP contribution in [0.5, 0.6) is 0 Å². The van der Waals surface area contributed by atoms with Gasteiger partial charge in [0.15, 0.2) is 0 Å². The van der Waals surface area contributed by atoms with Gasteiger partial charge in [-0.25, -0.2) is 0 Å². The molecule has 1 heterocycles. The quantitative estimate of drug-likeness (QED) is 0.843. The highest BCUT2D eigenvalue weighted by Crippen LogP contribution is 2.12. The summed E-state index contributed by atoms with van der Waals surface area (Å²) in [5, 5.41) is 12.2. The lowest BCUT2D eigenvalue weighted by atomic mass is 10.2. The van der Waals surface area contributed by atoms with Crippen molar-refractivity contribution in [1.29, 1.82) is 0 Å². The second-order valence-corrected chi connectivity index (χ2v) is 5.50. The van der Waals surface area contributed by atoms with Crippen molar-refractivity contribution in [3.05, 3.63) is 30.3 Å². The van der Waals surface area contributed by atoms with Crippen molar-refractivity contribution >= 4 is 5.91 Å². The van der Waals surface area contributed by atoms with Crippen LogP contribution in [-0.2, 0) is 11.3 Å². The first-order valence-electron chi connectivity index (χ1n) is 7.13. The SMILES string of the molecule is CC(C)N(C(=O)Cn1nnc(-c2ccccc2)n1)C(C)C. The van der Waals surface area contributed by atoms with E-state index in [1.807, 2.05) is 62.9 Å². The second kappa shape index (κ2) is 6.47. The lowest BCUT2D eigenvalue weighted by molar-refractivity contribution is -0.135. The molecule has 0 fully saturated rings. The highest BCUT2D eigenvalue weighted by molar-refractivity contribution is 5.76. The molecule has 21 heavy (non-hydrogen) atoms. The molecule has 6 nitrogen and oxygen atoms in total. The number of nitrogens with zero attached hydrogens (tertiary/aromatic N) is 5. The fourth-order valence-electron chi connectivity index (χ4n) is 2.39. The Kier molecular flexibility index (Phi) is 4.67. The van der Waals surface area contributed by atoms with Crippen LogP contribution in [0, 0.1) is 0 Å². The van der Waals surface area contributed by atoms with Gasteiger partial charge in [-0.1, -0.05) is 30.3 Å². The molecule has 112 valence electrons. The molecule has 0 aliphatic heterocycles. The fourth-order valence-corrected chi connectivity index (χ4v) is 2.39. The number of carbonyl (C=O) groups excluding carboxylic acids is 1. The third-order valence-corrected chi connectivity index (χ3v) is 3.16. The molecule has 0 N–H and O–H groups in total. The predicted octanol–water partition coefficient (Wildman–Crippen LogP) is 1.99. The molecule has 0 bridgehead atoms. The van der Waals surface area contributed by atoms with Crippen molar-refractivity contribution in [3.8, 4) is 11.4 Å². The van der Waals surface area contributed by atoms with Crippen LogP contribution in [0.25, 0.3) is 11.4 Å². The molecule has 2 rings (SSSR count). The third-order valence-electron chi connectivity index (χ3n) is 3.16. The molecule has 2 aromatic rings. The molecule has 0 saturated carbocycles. The van der Waals surface area contributed by atoms with E-state index < -0.39 is 0 Å². The summed E-state index contributed by atoms with van der Waals surface area (Å²) in [5.41, 5.74) is 0.890. The largest absolute Gasteiger partial charge is 0.336 e. The van der Waals surface area contributed by atoms with Gasteiger partial charge in [-0.3, -0.25) is 4.79 Å². The van der Waals surface area contributed by atoms with Gasteiger partial charge < -0.3 is 4.90 Å². The average molecular weight is 287 g/mol. The molecule has 0 saturated heterocycles. The van der Waals surface area contributed by atoms with Gasteiger partial charge in [0, 0.05) is 17.6 Å². The summed E-state index contributed by atoms with van der Waals surface area (Å²) in [6, 6.07) is 9.89. The maximum absolute atomic E-state index is 12.3. The Morgan fingerprint density at radius 3 is 2.33 bits per heavy atom. The van der Waals surface area contributed by atoms with Crippen LogP contribution in [0.2, 0.25) is 0 Å². The van der Waals surface area contributed by atoms with E-state index in [1.54, 1.807) is 0 Å². The van der Waals surface area contributed by atoms with Gasteiger partial charge in [-0.15, -0.1) is 10.2 Å². The van der Waals surface area contributed by atoms with E-state index in [0.717, 1.165) is 5.56 Å². The lowest BCUT2D eigenvalue weighted by Crippen LogP contribution is -2.44. The Morgan fingerprint density at radius 1 is 1.14 bits per heavy atom. The van der Waals surface area contributed by atoms with Gasteiger partial charge in [0.1, 0.15) is 6.54 Å². The number of amides is 1. The van der Waals surface area contributed by atoms with Crippen molar-refractivity contribution in [1.82, 2.24) is 25.1 Å². The van der Waals surface area contributed by atoms with Crippen LogP contribution in [0.3, 0.4) is 0 Å². The van der Waals surface area contributed by atoms with E-state index in [9.17, 15) is 4.79 Å². The van der Waals surface area contributed by atoms with E-state index in [2.05, 4.69) is 15.4 Å². The minimum atomic E-state index is -0.00277. The Hall–Kier alpha value is -2.24. The lowest BCUT2D eigenvalue weighted by Gasteiger charge is -2.30. The molecule has 0 spiro atoms. The Bertz CT molecular complexity index is 583. The van der Waals surface area contributed by atoms with Crippen LogP contribution in [0.4, 0.5) is 0 Å². The maximum Gasteiger partial charge on any atom is 0.246 e. The molecule has 0 radical (unpaired) electrons. The summed E-state index contributed by atoms with van der Waals surface area (Å²) in [4.78, 5) is 15.5. The Balaban J connectivity index is 2.11. The molecular weight excluding hydrogens is 266 g/mol. The summed E-state index contributed by atoms with van der Waals surface area (Å²) < 4.78 is 0. The third kappa shape index (κ3) is 3.65. The molecule has 1 amide bonds. The first-order valence-corrected chi connectivity index (χ1v) is 7.13. The van der Waals surface area contributed by atoms with Crippen molar-refractivity contribution in [3.63, 3.8) is 0 Å². The number of tetrazole rings is 1. The zero-order valence-electron chi connectivity index (χ0n) is 12.9. The predicted molar refractivity (Wildman–Crippen MR) is 80.4 cm³/mol. The zero-order chi connectivity index (χ0) is 15.4. The molecule has 0 aliphatic rings. The highest BCUT2D eigenvalue weighted by Gasteiger charge is 2.21. The van der Waals surface area contributed by atoms with Crippen LogP contribution >= 0.6 is 0 Å².